The van der Waals surface area contributed by atoms with E-state index in [1.807, 2.05) is 5.43 Å². The lowest BCUT2D eigenvalue weighted by Crippen LogP contribution is -2.29. The molecule has 0 spiro atoms. The molecule has 5 nitrogen and oxygen atoms in total. The van der Waals surface area contributed by atoms with Crippen LogP contribution >= 0.6 is 0 Å². The minimum atomic E-state index is -3.21. The number of rotatable bonds is 3. The topological polar surface area (TPSA) is 89.3 Å². The van der Waals surface area contributed by atoms with Crippen LogP contribution in [0, 0.1) is 0 Å². The minimum Gasteiger partial charge on any atom is -0.290 e. The van der Waals surface area contributed by atoms with Gasteiger partial charge in [0, 0.05) is 5.56 Å². The van der Waals surface area contributed by atoms with E-state index in [1.54, 1.807) is 6.92 Å². The van der Waals surface area contributed by atoms with Crippen LogP contribution in [0.15, 0.2) is 29.2 Å². The van der Waals surface area contributed by atoms with Crippen LogP contribution in [0.5, 0.6) is 0 Å². The molecule has 0 saturated heterocycles. The van der Waals surface area contributed by atoms with Gasteiger partial charge in [0.05, 0.1) is 10.6 Å². The van der Waals surface area contributed by atoms with E-state index in [0.717, 1.165) is 0 Å². The Balaban J connectivity index is 3.06. The second kappa shape index (κ2) is 4.41. The van der Waals surface area contributed by atoms with Crippen molar-refractivity contribution in [3.63, 3.8) is 0 Å². The minimum absolute atomic E-state index is 0.0371. The maximum Gasteiger partial charge on any atom is 0.265 e. The van der Waals surface area contributed by atoms with Crippen molar-refractivity contribution in [3.8, 4) is 0 Å². The number of hydrazine groups is 1. The first-order valence-corrected chi connectivity index (χ1v) is 6.00. The van der Waals surface area contributed by atoms with E-state index in [4.69, 9.17) is 5.84 Å². The van der Waals surface area contributed by atoms with Gasteiger partial charge in [0.2, 0.25) is 0 Å². The van der Waals surface area contributed by atoms with Crippen LogP contribution < -0.4 is 11.3 Å². The molecule has 15 heavy (non-hydrogen) atoms. The molecular formula is C9H12N2O3S. The quantitative estimate of drug-likeness (QED) is 0.435. The van der Waals surface area contributed by atoms with Crippen molar-refractivity contribution in [2.24, 2.45) is 5.84 Å². The normalized spacial score (nSPS) is 11.1. The summed E-state index contributed by atoms with van der Waals surface area (Å²) in [6.07, 6.45) is 0. The number of nitrogens with one attached hydrogen (secondary N) is 1. The molecule has 0 aliphatic heterocycles. The highest BCUT2D eigenvalue weighted by atomic mass is 32.2. The van der Waals surface area contributed by atoms with Crippen LogP contribution in [-0.2, 0) is 9.84 Å². The van der Waals surface area contributed by atoms with Gasteiger partial charge in [-0.25, -0.2) is 14.3 Å². The lowest BCUT2D eigenvalue weighted by atomic mass is 10.2. The number of benzene rings is 1. The molecule has 1 amide bonds. The van der Waals surface area contributed by atoms with Gasteiger partial charge in [-0.15, -0.1) is 0 Å². The molecule has 82 valence electrons. The molecule has 0 unspecified atom stereocenters. The molecule has 0 aromatic heterocycles. The van der Waals surface area contributed by atoms with Crippen molar-refractivity contribution in [2.75, 3.05) is 5.75 Å². The Kier molecular flexibility index (Phi) is 3.43. The van der Waals surface area contributed by atoms with Crippen LogP contribution in [-0.4, -0.2) is 20.1 Å². The summed E-state index contributed by atoms with van der Waals surface area (Å²) in [6, 6.07) is 5.63. The van der Waals surface area contributed by atoms with Gasteiger partial charge in [-0.1, -0.05) is 6.92 Å². The average molecular weight is 228 g/mol. The zero-order valence-corrected chi connectivity index (χ0v) is 9.04. The summed E-state index contributed by atoms with van der Waals surface area (Å²) in [5, 5.41) is 0. The molecule has 0 aliphatic rings. The van der Waals surface area contributed by atoms with Gasteiger partial charge in [-0.2, -0.15) is 0 Å². The molecule has 0 radical (unpaired) electrons. The number of hydrogen-bond donors (Lipinski definition) is 2. The van der Waals surface area contributed by atoms with Crippen molar-refractivity contribution in [1.29, 1.82) is 0 Å². The maximum atomic E-state index is 11.4. The number of amides is 1. The van der Waals surface area contributed by atoms with Crippen molar-refractivity contribution >= 4 is 15.7 Å². The van der Waals surface area contributed by atoms with E-state index in [1.165, 1.54) is 24.3 Å². The summed E-state index contributed by atoms with van der Waals surface area (Å²) in [5.74, 6) is 4.52. The van der Waals surface area contributed by atoms with Crippen LogP contribution in [0.4, 0.5) is 0 Å². The summed E-state index contributed by atoms with van der Waals surface area (Å²) in [4.78, 5) is 11.3. The van der Waals surface area contributed by atoms with Gasteiger partial charge in [0.15, 0.2) is 9.84 Å². The first kappa shape index (κ1) is 11.7. The van der Waals surface area contributed by atoms with Gasteiger partial charge in [-0.05, 0) is 24.3 Å². The van der Waals surface area contributed by atoms with Crippen molar-refractivity contribution in [2.45, 2.75) is 11.8 Å². The van der Waals surface area contributed by atoms with E-state index in [-0.39, 0.29) is 10.6 Å². The molecule has 0 aliphatic carbocycles. The molecule has 3 N–H and O–H groups in total. The predicted molar refractivity (Wildman–Crippen MR) is 55.8 cm³/mol. The Hall–Kier alpha value is -1.40. The lowest BCUT2D eigenvalue weighted by Gasteiger charge is -2.02. The Morgan fingerprint density at radius 2 is 1.87 bits per heavy atom. The average Bonchev–Trinajstić information content (AvgIpc) is 2.28. The standard InChI is InChI=1S/C9H12N2O3S/c1-2-15(13,14)8-5-3-7(4-6-8)9(12)11-10/h3-6H,2,10H2,1H3,(H,11,12). The summed E-state index contributed by atoms with van der Waals surface area (Å²) in [6.45, 7) is 1.57. The van der Waals surface area contributed by atoms with E-state index in [9.17, 15) is 13.2 Å². The largest absolute Gasteiger partial charge is 0.290 e. The summed E-state index contributed by atoms with van der Waals surface area (Å²) in [5.41, 5.74) is 2.29. The summed E-state index contributed by atoms with van der Waals surface area (Å²) in [7, 11) is -3.21. The molecular weight excluding hydrogens is 216 g/mol. The molecule has 0 atom stereocenters. The van der Waals surface area contributed by atoms with E-state index >= 15 is 0 Å². The second-order valence-electron chi connectivity index (χ2n) is 2.90. The number of carbonyl (C=O) groups excluding carboxylic acids is 1. The zero-order valence-electron chi connectivity index (χ0n) is 8.23. The van der Waals surface area contributed by atoms with Gasteiger partial charge in [-0.3, -0.25) is 10.2 Å². The molecule has 1 aromatic rings. The number of nitrogens with two attached hydrogens (primary N) is 1. The van der Waals surface area contributed by atoms with Crippen LogP contribution in [0.25, 0.3) is 0 Å². The van der Waals surface area contributed by atoms with Crippen LogP contribution in [0.1, 0.15) is 17.3 Å². The Morgan fingerprint density at radius 3 is 2.27 bits per heavy atom. The van der Waals surface area contributed by atoms with Crippen molar-refractivity contribution in [3.05, 3.63) is 29.8 Å². The molecule has 0 saturated carbocycles. The SMILES string of the molecule is CCS(=O)(=O)c1ccc(C(=O)NN)cc1. The predicted octanol–water partition coefficient (Wildman–Crippen LogP) is 0.0837. The Bertz CT molecular complexity index is 451. The molecule has 0 heterocycles. The first-order chi connectivity index (χ1) is 7.01. The van der Waals surface area contributed by atoms with E-state index < -0.39 is 15.7 Å². The fourth-order valence-corrected chi connectivity index (χ4v) is 1.95. The van der Waals surface area contributed by atoms with Crippen molar-refractivity contribution < 1.29 is 13.2 Å². The highest BCUT2D eigenvalue weighted by Gasteiger charge is 2.11. The number of hydrogen-bond acceptors (Lipinski definition) is 4. The van der Waals surface area contributed by atoms with Gasteiger partial charge < -0.3 is 0 Å². The van der Waals surface area contributed by atoms with Gasteiger partial charge >= 0.3 is 0 Å². The molecule has 0 fully saturated rings. The number of nitrogen functional groups attached to an aromatic ring is 1. The molecule has 6 heteroatoms. The van der Waals surface area contributed by atoms with Crippen LogP contribution in [0.2, 0.25) is 0 Å². The third kappa shape index (κ3) is 2.54. The lowest BCUT2D eigenvalue weighted by molar-refractivity contribution is 0.0953. The molecule has 0 bridgehead atoms. The smallest absolute Gasteiger partial charge is 0.265 e. The third-order valence-electron chi connectivity index (χ3n) is 1.99. The highest BCUT2D eigenvalue weighted by Crippen LogP contribution is 2.11. The zero-order chi connectivity index (χ0) is 11.5. The summed E-state index contributed by atoms with van der Waals surface area (Å²) < 4.78 is 22.9. The van der Waals surface area contributed by atoms with Gasteiger partial charge in [0.1, 0.15) is 0 Å². The number of carbonyl (C=O) groups is 1. The van der Waals surface area contributed by atoms with E-state index in [2.05, 4.69) is 0 Å². The Morgan fingerprint density at radius 1 is 1.33 bits per heavy atom. The third-order valence-corrected chi connectivity index (χ3v) is 3.74. The van der Waals surface area contributed by atoms with Gasteiger partial charge in [0.25, 0.3) is 5.91 Å². The molecule has 1 aromatic carbocycles. The molecule has 1 rings (SSSR count). The Labute approximate surface area is 88.2 Å². The maximum absolute atomic E-state index is 11.4. The van der Waals surface area contributed by atoms with Crippen molar-refractivity contribution in [1.82, 2.24) is 5.43 Å². The summed E-state index contributed by atoms with van der Waals surface area (Å²) >= 11 is 0. The fraction of sp³-hybridized carbons (Fsp3) is 0.222. The van der Waals surface area contributed by atoms with E-state index in [0.29, 0.717) is 5.56 Å². The first-order valence-electron chi connectivity index (χ1n) is 4.35. The monoisotopic (exact) mass is 228 g/mol. The van der Waals surface area contributed by atoms with Crippen LogP contribution in [0.3, 0.4) is 0 Å². The number of sulfone groups is 1. The fourth-order valence-electron chi connectivity index (χ4n) is 1.06. The second-order valence-corrected chi connectivity index (χ2v) is 5.18. The highest BCUT2D eigenvalue weighted by molar-refractivity contribution is 7.91.